The third-order valence-electron chi connectivity index (χ3n) is 5.98. The highest BCUT2D eigenvalue weighted by Crippen LogP contribution is 2.29. The van der Waals surface area contributed by atoms with Gasteiger partial charge < -0.3 is 15.0 Å². The summed E-state index contributed by atoms with van der Waals surface area (Å²) in [7, 11) is 1.53. The van der Waals surface area contributed by atoms with Gasteiger partial charge in [-0.3, -0.25) is 9.59 Å². The van der Waals surface area contributed by atoms with E-state index < -0.39 is 6.04 Å². The van der Waals surface area contributed by atoms with Gasteiger partial charge in [0.05, 0.1) is 12.7 Å². The van der Waals surface area contributed by atoms with Gasteiger partial charge in [0.25, 0.3) is 5.91 Å². The summed E-state index contributed by atoms with van der Waals surface area (Å²) in [5, 5.41) is 3.67. The Hall–Kier alpha value is -1.75. The Morgan fingerprint density at radius 1 is 1.22 bits per heavy atom. The number of nitrogens with zero attached hydrogens (tertiary/aromatic N) is 1. The standard InChI is InChI=1S/C21H29ClN2O3/c1-3-14-6-9-16(10-7-14)23-20(25)18-5-4-12-24(18)21(26)17-13-15(22)8-11-19(17)27-2/h8,11,13-14,16,18H,3-7,9-10,12H2,1-2H3,(H,23,25). The maximum Gasteiger partial charge on any atom is 0.258 e. The molecule has 0 radical (unpaired) electrons. The Kier molecular flexibility index (Phi) is 6.64. The van der Waals surface area contributed by atoms with Crippen molar-refractivity contribution in [1.29, 1.82) is 0 Å². The van der Waals surface area contributed by atoms with Crippen LogP contribution >= 0.6 is 11.6 Å². The Labute approximate surface area is 166 Å². The number of nitrogens with one attached hydrogen (secondary N) is 1. The van der Waals surface area contributed by atoms with Crippen molar-refractivity contribution < 1.29 is 14.3 Å². The molecule has 1 aromatic carbocycles. The van der Waals surface area contributed by atoms with Gasteiger partial charge in [-0.2, -0.15) is 0 Å². The topological polar surface area (TPSA) is 58.6 Å². The molecule has 6 heteroatoms. The van der Waals surface area contributed by atoms with Crippen molar-refractivity contribution in [2.24, 2.45) is 5.92 Å². The van der Waals surface area contributed by atoms with Crippen LogP contribution in [0.5, 0.6) is 5.75 Å². The van der Waals surface area contributed by atoms with Crippen molar-refractivity contribution in [2.75, 3.05) is 13.7 Å². The smallest absolute Gasteiger partial charge is 0.258 e. The van der Waals surface area contributed by atoms with Crippen molar-refractivity contribution in [1.82, 2.24) is 10.2 Å². The van der Waals surface area contributed by atoms with E-state index in [1.165, 1.54) is 26.4 Å². The van der Waals surface area contributed by atoms with E-state index in [-0.39, 0.29) is 17.9 Å². The molecule has 0 aromatic heterocycles. The molecule has 2 aliphatic rings. The Balaban J connectivity index is 1.67. The second-order valence-corrected chi connectivity index (χ2v) is 8.07. The number of methoxy groups -OCH3 is 1. The summed E-state index contributed by atoms with van der Waals surface area (Å²) < 4.78 is 5.31. The Morgan fingerprint density at radius 3 is 2.63 bits per heavy atom. The molecule has 1 atom stereocenters. The third kappa shape index (κ3) is 4.57. The number of benzene rings is 1. The molecule has 3 rings (SSSR count). The fraction of sp³-hybridized carbons (Fsp3) is 0.619. The third-order valence-corrected chi connectivity index (χ3v) is 6.21. The number of halogens is 1. The van der Waals surface area contributed by atoms with Gasteiger partial charge in [0.2, 0.25) is 5.91 Å². The second-order valence-electron chi connectivity index (χ2n) is 7.64. The predicted octanol–water partition coefficient (Wildman–Crippen LogP) is 4.04. The van der Waals surface area contributed by atoms with Crippen LogP contribution in [-0.4, -0.2) is 42.5 Å². The molecule has 148 valence electrons. The van der Waals surface area contributed by atoms with Gasteiger partial charge in [-0.25, -0.2) is 0 Å². The maximum atomic E-state index is 13.1. The number of hydrogen-bond donors (Lipinski definition) is 1. The van der Waals surface area contributed by atoms with Crippen LogP contribution in [0.3, 0.4) is 0 Å². The fourth-order valence-corrected chi connectivity index (χ4v) is 4.47. The summed E-state index contributed by atoms with van der Waals surface area (Å²) in [6.07, 6.45) is 7.16. The van der Waals surface area contributed by atoms with E-state index in [0.29, 0.717) is 29.3 Å². The van der Waals surface area contributed by atoms with Crippen LogP contribution < -0.4 is 10.1 Å². The number of hydrogen-bond acceptors (Lipinski definition) is 3. The lowest BCUT2D eigenvalue weighted by atomic mass is 9.84. The first kappa shape index (κ1) is 20.0. The lowest BCUT2D eigenvalue weighted by molar-refractivity contribution is -0.125. The summed E-state index contributed by atoms with van der Waals surface area (Å²) in [5.74, 6) is 1.05. The molecule has 2 fully saturated rings. The van der Waals surface area contributed by atoms with Crippen LogP contribution in [0.1, 0.15) is 62.2 Å². The molecule has 1 aliphatic carbocycles. The van der Waals surface area contributed by atoms with E-state index in [9.17, 15) is 9.59 Å². The van der Waals surface area contributed by atoms with E-state index in [2.05, 4.69) is 12.2 Å². The van der Waals surface area contributed by atoms with Crippen molar-refractivity contribution in [2.45, 2.75) is 64.0 Å². The average molecular weight is 393 g/mol. The number of rotatable bonds is 5. The van der Waals surface area contributed by atoms with Gasteiger partial charge in [-0.1, -0.05) is 24.9 Å². The fourth-order valence-electron chi connectivity index (χ4n) is 4.30. The van der Waals surface area contributed by atoms with Crippen LogP contribution in [0.4, 0.5) is 0 Å². The zero-order valence-electron chi connectivity index (χ0n) is 16.2. The normalized spacial score (nSPS) is 25.3. The van der Waals surface area contributed by atoms with Crippen LogP contribution in [0.15, 0.2) is 18.2 Å². The molecule has 5 nitrogen and oxygen atoms in total. The molecule has 1 N–H and O–H groups in total. The predicted molar refractivity (Wildman–Crippen MR) is 106 cm³/mol. The molecular weight excluding hydrogens is 364 g/mol. The molecule has 1 aliphatic heterocycles. The quantitative estimate of drug-likeness (QED) is 0.822. The molecule has 0 spiro atoms. The molecule has 1 unspecified atom stereocenters. The van der Waals surface area contributed by atoms with Gasteiger partial charge >= 0.3 is 0 Å². The molecule has 1 heterocycles. The van der Waals surface area contributed by atoms with Crippen molar-refractivity contribution in [3.05, 3.63) is 28.8 Å². The first-order chi connectivity index (χ1) is 13.0. The van der Waals surface area contributed by atoms with Crippen molar-refractivity contribution in [3.8, 4) is 5.75 Å². The minimum atomic E-state index is -0.412. The summed E-state index contributed by atoms with van der Waals surface area (Å²) in [6, 6.07) is 4.82. The van der Waals surface area contributed by atoms with E-state index >= 15 is 0 Å². The monoisotopic (exact) mass is 392 g/mol. The highest BCUT2D eigenvalue weighted by Gasteiger charge is 2.36. The number of amides is 2. The van der Waals surface area contributed by atoms with Crippen molar-refractivity contribution in [3.63, 3.8) is 0 Å². The molecular formula is C21H29ClN2O3. The molecule has 1 saturated heterocycles. The summed E-state index contributed by atoms with van der Waals surface area (Å²) in [5.41, 5.74) is 0.410. The van der Waals surface area contributed by atoms with Gasteiger partial charge in [-0.15, -0.1) is 0 Å². The maximum absolute atomic E-state index is 13.1. The van der Waals surface area contributed by atoms with Crippen LogP contribution in [-0.2, 0) is 4.79 Å². The second kappa shape index (κ2) is 8.96. The number of ether oxygens (including phenoxy) is 1. The zero-order valence-corrected chi connectivity index (χ0v) is 16.9. The largest absolute Gasteiger partial charge is 0.496 e. The SMILES string of the molecule is CCC1CCC(NC(=O)C2CCCN2C(=O)c2cc(Cl)ccc2OC)CC1. The summed E-state index contributed by atoms with van der Waals surface area (Å²) >= 11 is 6.07. The van der Waals surface area contributed by atoms with E-state index in [1.54, 1.807) is 23.1 Å². The lowest BCUT2D eigenvalue weighted by Crippen LogP contribution is -2.49. The minimum Gasteiger partial charge on any atom is -0.496 e. The first-order valence-electron chi connectivity index (χ1n) is 9.98. The van der Waals surface area contributed by atoms with Crippen LogP contribution in [0.25, 0.3) is 0 Å². The lowest BCUT2D eigenvalue weighted by Gasteiger charge is -2.31. The number of likely N-dealkylation sites (tertiary alicyclic amines) is 1. The highest BCUT2D eigenvalue weighted by molar-refractivity contribution is 6.31. The van der Waals surface area contributed by atoms with E-state index in [1.807, 2.05) is 0 Å². The van der Waals surface area contributed by atoms with E-state index in [0.717, 1.165) is 25.2 Å². The summed E-state index contributed by atoms with van der Waals surface area (Å²) in [4.78, 5) is 27.6. The number of carbonyl (C=O) groups excluding carboxylic acids is 2. The van der Waals surface area contributed by atoms with E-state index in [4.69, 9.17) is 16.3 Å². The van der Waals surface area contributed by atoms with Gasteiger partial charge in [-0.05, 0) is 62.6 Å². The Bertz CT molecular complexity index is 686. The molecule has 27 heavy (non-hydrogen) atoms. The molecule has 1 aromatic rings. The minimum absolute atomic E-state index is 0.0261. The molecule has 0 bridgehead atoms. The molecule has 1 saturated carbocycles. The van der Waals surface area contributed by atoms with Gasteiger partial charge in [0.1, 0.15) is 11.8 Å². The summed E-state index contributed by atoms with van der Waals surface area (Å²) in [6.45, 7) is 2.81. The van der Waals surface area contributed by atoms with Gasteiger partial charge in [0, 0.05) is 17.6 Å². The van der Waals surface area contributed by atoms with Crippen LogP contribution in [0, 0.1) is 5.92 Å². The van der Waals surface area contributed by atoms with Crippen molar-refractivity contribution >= 4 is 23.4 Å². The first-order valence-corrected chi connectivity index (χ1v) is 10.4. The van der Waals surface area contributed by atoms with Gasteiger partial charge in [0.15, 0.2) is 0 Å². The molecule has 2 amide bonds. The van der Waals surface area contributed by atoms with Crippen LogP contribution in [0.2, 0.25) is 5.02 Å². The Morgan fingerprint density at radius 2 is 1.96 bits per heavy atom. The number of carbonyl (C=O) groups is 2. The zero-order chi connectivity index (χ0) is 19.4. The highest BCUT2D eigenvalue weighted by atomic mass is 35.5. The average Bonchev–Trinajstić information content (AvgIpc) is 3.18.